The number of esters is 1. The molecule has 0 aliphatic heterocycles. The minimum atomic E-state index is -3.51. The average molecular weight is 326 g/mol. The van der Waals surface area contributed by atoms with E-state index in [1.807, 2.05) is 0 Å². The summed E-state index contributed by atoms with van der Waals surface area (Å²) in [4.78, 5) is 15.4. The quantitative estimate of drug-likeness (QED) is 0.807. The van der Waals surface area contributed by atoms with Crippen LogP contribution in [0, 0.1) is 0 Å². The normalized spacial score (nSPS) is 11.1. The Morgan fingerprint density at radius 2 is 1.86 bits per heavy atom. The molecule has 0 amide bonds. The fourth-order valence-electron chi connectivity index (χ4n) is 1.67. The van der Waals surface area contributed by atoms with Gasteiger partial charge in [-0.2, -0.15) is 0 Å². The van der Waals surface area contributed by atoms with E-state index in [4.69, 9.17) is 11.6 Å². The number of benzene rings is 1. The summed E-state index contributed by atoms with van der Waals surface area (Å²) in [5.74, 6) is -0.773. The van der Waals surface area contributed by atoms with Crippen LogP contribution in [-0.4, -0.2) is 26.5 Å². The summed E-state index contributed by atoms with van der Waals surface area (Å²) in [7, 11) is -2.24. The lowest BCUT2D eigenvalue weighted by molar-refractivity contribution is 0.0600. The Hall–Kier alpha value is -1.92. The third-order valence-electron chi connectivity index (χ3n) is 2.76. The van der Waals surface area contributed by atoms with Gasteiger partial charge in [0.2, 0.25) is 0 Å². The molecule has 2 rings (SSSR count). The van der Waals surface area contributed by atoms with Crippen molar-refractivity contribution >= 4 is 27.4 Å². The van der Waals surface area contributed by atoms with Gasteiger partial charge in [-0.25, -0.2) is 13.2 Å². The smallest absolute Gasteiger partial charge is 0.339 e. The predicted octanol–water partition coefficient (Wildman–Crippen LogP) is 2.50. The van der Waals surface area contributed by atoms with Crippen molar-refractivity contribution < 1.29 is 17.9 Å². The average Bonchev–Trinajstić information content (AvgIpc) is 2.47. The van der Waals surface area contributed by atoms with Gasteiger partial charge in [0.1, 0.15) is 0 Å². The van der Waals surface area contributed by atoms with Gasteiger partial charge in [-0.3, -0.25) is 4.98 Å². The molecule has 0 N–H and O–H groups in total. The molecular formula is C14H12ClNO4S. The lowest BCUT2D eigenvalue weighted by Gasteiger charge is -2.05. The zero-order valence-electron chi connectivity index (χ0n) is 11.1. The molecule has 0 saturated carbocycles. The van der Waals surface area contributed by atoms with Crippen molar-refractivity contribution in [1.29, 1.82) is 0 Å². The standard InChI is InChI=1S/C14H12ClNO4S/c1-20-14(17)10-2-5-12(16-8-10)9-21(18,19)13-6-3-11(15)4-7-13/h2-8H,9H2,1H3. The van der Waals surface area contributed by atoms with Crippen molar-refractivity contribution in [2.45, 2.75) is 10.6 Å². The van der Waals surface area contributed by atoms with Crippen molar-refractivity contribution in [1.82, 2.24) is 4.98 Å². The molecule has 0 radical (unpaired) electrons. The summed E-state index contributed by atoms with van der Waals surface area (Å²) in [5, 5.41) is 0.467. The number of ether oxygens (including phenoxy) is 1. The van der Waals surface area contributed by atoms with Crippen molar-refractivity contribution in [2.24, 2.45) is 0 Å². The number of rotatable bonds is 4. The fraction of sp³-hybridized carbons (Fsp3) is 0.143. The number of carbonyl (C=O) groups excluding carboxylic acids is 1. The van der Waals surface area contributed by atoms with E-state index in [-0.39, 0.29) is 16.2 Å². The van der Waals surface area contributed by atoms with Crippen LogP contribution in [-0.2, 0) is 20.3 Å². The monoisotopic (exact) mass is 325 g/mol. The Kier molecular flexibility index (Phi) is 4.59. The highest BCUT2D eigenvalue weighted by Gasteiger charge is 2.16. The Labute approximate surface area is 127 Å². The second kappa shape index (κ2) is 6.24. The van der Waals surface area contributed by atoms with Gasteiger partial charge in [0, 0.05) is 11.2 Å². The minimum absolute atomic E-state index is 0.172. The Bertz CT molecular complexity index is 740. The molecule has 5 nitrogen and oxygen atoms in total. The third-order valence-corrected chi connectivity index (χ3v) is 4.67. The molecule has 7 heteroatoms. The molecule has 0 bridgehead atoms. The van der Waals surface area contributed by atoms with E-state index in [1.54, 1.807) is 0 Å². The molecule has 1 aromatic carbocycles. The summed E-state index contributed by atoms with van der Waals surface area (Å²) >= 11 is 5.73. The zero-order chi connectivity index (χ0) is 15.5. The largest absolute Gasteiger partial charge is 0.465 e. The van der Waals surface area contributed by atoms with Crippen LogP contribution in [0.3, 0.4) is 0 Å². The zero-order valence-corrected chi connectivity index (χ0v) is 12.7. The van der Waals surface area contributed by atoms with Gasteiger partial charge < -0.3 is 4.74 Å². The number of hydrogen-bond donors (Lipinski definition) is 0. The highest BCUT2D eigenvalue weighted by molar-refractivity contribution is 7.90. The van der Waals surface area contributed by atoms with Crippen LogP contribution in [0.2, 0.25) is 5.02 Å². The van der Waals surface area contributed by atoms with Gasteiger partial charge in [0.15, 0.2) is 9.84 Å². The lowest BCUT2D eigenvalue weighted by Crippen LogP contribution is -2.08. The maximum atomic E-state index is 12.2. The Morgan fingerprint density at radius 3 is 2.38 bits per heavy atom. The predicted molar refractivity (Wildman–Crippen MR) is 77.9 cm³/mol. The second-order valence-electron chi connectivity index (χ2n) is 4.24. The van der Waals surface area contributed by atoms with Crippen molar-refractivity contribution in [3.63, 3.8) is 0 Å². The van der Waals surface area contributed by atoms with E-state index in [9.17, 15) is 13.2 Å². The topological polar surface area (TPSA) is 73.3 Å². The number of methoxy groups -OCH3 is 1. The number of hydrogen-bond acceptors (Lipinski definition) is 5. The summed E-state index contributed by atoms with van der Waals surface area (Å²) in [6.45, 7) is 0. The Balaban J connectivity index is 2.20. The van der Waals surface area contributed by atoms with E-state index in [0.717, 1.165) is 0 Å². The first-order chi connectivity index (χ1) is 9.92. The molecule has 0 fully saturated rings. The van der Waals surface area contributed by atoms with Crippen LogP contribution < -0.4 is 0 Å². The van der Waals surface area contributed by atoms with Crippen LogP contribution in [0.25, 0.3) is 0 Å². The highest BCUT2D eigenvalue weighted by Crippen LogP contribution is 2.18. The first-order valence-electron chi connectivity index (χ1n) is 5.94. The van der Waals surface area contributed by atoms with Crippen LogP contribution in [0.15, 0.2) is 47.5 Å². The first-order valence-corrected chi connectivity index (χ1v) is 7.97. The molecule has 2 aromatic rings. The SMILES string of the molecule is COC(=O)c1ccc(CS(=O)(=O)c2ccc(Cl)cc2)nc1. The van der Waals surface area contributed by atoms with Crippen LogP contribution in [0.1, 0.15) is 16.1 Å². The van der Waals surface area contributed by atoms with E-state index in [0.29, 0.717) is 10.7 Å². The Morgan fingerprint density at radius 1 is 1.19 bits per heavy atom. The maximum absolute atomic E-state index is 12.2. The summed E-state index contributed by atoms with van der Waals surface area (Å²) in [5.41, 5.74) is 0.614. The molecule has 0 atom stereocenters. The number of carbonyl (C=O) groups is 1. The molecule has 1 heterocycles. The number of nitrogens with zero attached hydrogens (tertiary/aromatic N) is 1. The second-order valence-corrected chi connectivity index (χ2v) is 6.67. The van der Waals surface area contributed by atoms with E-state index in [1.165, 1.54) is 49.7 Å². The molecule has 0 aliphatic rings. The van der Waals surface area contributed by atoms with Crippen LogP contribution >= 0.6 is 11.6 Å². The summed E-state index contributed by atoms with van der Waals surface area (Å²) in [6.07, 6.45) is 1.29. The summed E-state index contributed by atoms with van der Waals surface area (Å²) < 4.78 is 29.0. The van der Waals surface area contributed by atoms with Gasteiger partial charge in [-0.15, -0.1) is 0 Å². The van der Waals surface area contributed by atoms with Gasteiger partial charge in [-0.05, 0) is 36.4 Å². The highest BCUT2D eigenvalue weighted by atomic mass is 35.5. The van der Waals surface area contributed by atoms with Crippen molar-refractivity contribution in [3.8, 4) is 0 Å². The lowest BCUT2D eigenvalue weighted by atomic mass is 10.2. The van der Waals surface area contributed by atoms with Crippen molar-refractivity contribution in [2.75, 3.05) is 7.11 Å². The van der Waals surface area contributed by atoms with Crippen LogP contribution in [0.4, 0.5) is 0 Å². The molecule has 0 saturated heterocycles. The van der Waals surface area contributed by atoms with Gasteiger partial charge >= 0.3 is 5.97 Å². The molecule has 110 valence electrons. The molecule has 0 aliphatic carbocycles. The van der Waals surface area contributed by atoms with Crippen molar-refractivity contribution in [3.05, 3.63) is 58.9 Å². The number of sulfone groups is 1. The molecule has 1 aromatic heterocycles. The van der Waals surface area contributed by atoms with E-state index >= 15 is 0 Å². The first kappa shape index (κ1) is 15.5. The summed E-state index contributed by atoms with van der Waals surface area (Å²) in [6, 6.07) is 8.89. The third kappa shape index (κ3) is 3.80. The molecular weight excluding hydrogens is 314 g/mol. The van der Waals surface area contributed by atoms with E-state index < -0.39 is 15.8 Å². The number of pyridine rings is 1. The van der Waals surface area contributed by atoms with Gasteiger partial charge in [-0.1, -0.05) is 11.6 Å². The molecule has 0 unspecified atom stereocenters. The minimum Gasteiger partial charge on any atom is -0.465 e. The molecule has 0 spiro atoms. The number of aromatic nitrogens is 1. The maximum Gasteiger partial charge on any atom is 0.339 e. The number of halogens is 1. The molecule has 21 heavy (non-hydrogen) atoms. The van der Waals surface area contributed by atoms with E-state index in [2.05, 4.69) is 9.72 Å². The van der Waals surface area contributed by atoms with Gasteiger partial charge in [0.25, 0.3) is 0 Å². The fourth-order valence-corrected chi connectivity index (χ4v) is 3.07. The van der Waals surface area contributed by atoms with Gasteiger partial charge in [0.05, 0.1) is 29.0 Å². The van der Waals surface area contributed by atoms with Crippen LogP contribution in [0.5, 0.6) is 0 Å².